The zero-order valence-corrected chi connectivity index (χ0v) is 20.1. The summed E-state index contributed by atoms with van der Waals surface area (Å²) >= 11 is 1.70. The fourth-order valence-corrected chi connectivity index (χ4v) is 7.35. The molecule has 4 rings (SSSR count). The second-order valence-corrected chi connectivity index (χ2v) is 11.5. The summed E-state index contributed by atoms with van der Waals surface area (Å²) in [6.45, 7) is 3.60. The second kappa shape index (κ2) is 9.98. The average molecular weight is 464 g/mol. The third kappa shape index (κ3) is 5.48. The zero-order chi connectivity index (χ0) is 21.8. The molecule has 1 aromatic carbocycles. The molecule has 2 heterocycles. The van der Waals surface area contributed by atoms with Crippen molar-refractivity contribution in [1.82, 2.24) is 15.0 Å². The van der Waals surface area contributed by atoms with Gasteiger partial charge in [-0.2, -0.15) is 0 Å². The van der Waals surface area contributed by atoms with Gasteiger partial charge in [-0.1, -0.05) is 32.1 Å². The first-order chi connectivity index (χ1) is 15.0. The van der Waals surface area contributed by atoms with Crippen LogP contribution in [0.25, 0.3) is 10.4 Å². The maximum absolute atomic E-state index is 13.2. The Morgan fingerprint density at radius 2 is 2.00 bits per heavy atom. The molecule has 31 heavy (non-hydrogen) atoms. The van der Waals surface area contributed by atoms with E-state index in [1.807, 2.05) is 13.0 Å². The smallest absolute Gasteiger partial charge is 0.244 e. The van der Waals surface area contributed by atoms with Crippen LogP contribution in [-0.4, -0.2) is 39.6 Å². The Labute approximate surface area is 189 Å². The fraction of sp³-hybridized carbons (Fsp3) is 0.609. The fourth-order valence-electron chi connectivity index (χ4n) is 4.71. The molecule has 2 fully saturated rings. The van der Waals surface area contributed by atoms with E-state index in [0.717, 1.165) is 52.9 Å². The Morgan fingerprint density at radius 1 is 1.19 bits per heavy atom. The molecule has 2 aliphatic rings. The lowest BCUT2D eigenvalue weighted by molar-refractivity contribution is 0.356. The third-order valence-corrected chi connectivity index (χ3v) is 9.13. The van der Waals surface area contributed by atoms with Gasteiger partial charge in [0.1, 0.15) is 10.6 Å². The number of ether oxygens (including phenoxy) is 1. The molecule has 2 aromatic rings. The van der Waals surface area contributed by atoms with E-state index in [1.54, 1.807) is 23.5 Å². The van der Waals surface area contributed by atoms with Crippen LogP contribution in [0, 0.1) is 12.8 Å². The second-order valence-electron chi connectivity index (χ2n) is 8.76. The van der Waals surface area contributed by atoms with Crippen LogP contribution >= 0.6 is 11.3 Å². The van der Waals surface area contributed by atoms with E-state index in [2.05, 4.69) is 10.0 Å². The number of hydrogen-bond donors (Lipinski definition) is 2. The minimum atomic E-state index is -3.69. The predicted molar refractivity (Wildman–Crippen MR) is 125 cm³/mol. The van der Waals surface area contributed by atoms with Crippen molar-refractivity contribution in [2.45, 2.75) is 69.2 Å². The Kier molecular flexibility index (Phi) is 7.31. The number of nitrogens with one attached hydrogen (secondary N) is 2. The molecule has 8 heteroatoms. The van der Waals surface area contributed by atoms with Crippen LogP contribution in [0.1, 0.15) is 55.6 Å². The quantitative estimate of drug-likeness (QED) is 0.641. The summed E-state index contributed by atoms with van der Waals surface area (Å²) < 4.78 is 34.6. The van der Waals surface area contributed by atoms with Gasteiger partial charge in [-0.25, -0.2) is 18.1 Å². The molecule has 2 N–H and O–H groups in total. The maximum Gasteiger partial charge on any atom is 0.244 e. The molecule has 1 unspecified atom stereocenters. The van der Waals surface area contributed by atoms with Gasteiger partial charge in [0.2, 0.25) is 10.0 Å². The minimum Gasteiger partial charge on any atom is -0.495 e. The Bertz CT molecular complexity index is 991. The number of nitrogens with zero attached hydrogens (tertiary/aromatic N) is 1. The van der Waals surface area contributed by atoms with E-state index in [1.165, 1.54) is 39.2 Å². The number of rotatable bonds is 7. The number of hydrogen-bond acceptors (Lipinski definition) is 6. The van der Waals surface area contributed by atoms with Gasteiger partial charge in [0.15, 0.2) is 0 Å². The molecule has 1 aliphatic carbocycles. The summed E-state index contributed by atoms with van der Waals surface area (Å²) in [5.41, 5.74) is 1.85. The SMILES string of the molecule is COc1ccc(-c2sc(CC3CCCCC3)nc2C)cc1S(=O)(=O)NC1CCCNC1. The van der Waals surface area contributed by atoms with Gasteiger partial charge in [0, 0.05) is 19.0 Å². The van der Waals surface area contributed by atoms with Crippen LogP contribution in [0.3, 0.4) is 0 Å². The first-order valence-electron chi connectivity index (χ1n) is 11.3. The molecule has 1 aliphatic heterocycles. The summed E-state index contributed by atoms with van der Waals surface area (Å²) in [6, 6.07) is 5.33. The average Bonchev–Trinajstić information content (AvgIpc) is 3.14. The minimum absolute atomic E-state index is 0.0978. The van der Waals surface area contributed by atoms with Crippen molar-refractivity contribution in [2.75, 3.05) is 20.2 Å². The van der Waals surface area contributed by atoms with Crippen LogP contribution in [0.15, 0.2) is 23.1 Å². The van der Waals surface area contributed by atoms with E-state index >= 15 is 0 Å². The van der Waals surface area contributed by atoms with Crippen LogP contribution < -0.4 is 14.8 Å². The van der Waals surface area contributed by atoms with Gasteiger partial charge in [0.25, 0.3) is 0 Å². The number of aryl methyl sites for hydroxylation is 1. The normalized spacial score (nSPS) is 20.6. The molecule has 6 nitrogen and oxygen atoms in total. The Balaban J connectivity index is 1.59. The van der Waals surface area contributed by atoms with Crippen LogP contribution in [-0.2, 0) is 16.4 Å². The molecule has 170 valence electrons. The van der Waals surface area contributed by atoms with E-state index in [-0.39, 0.29) is 10.9 Å². The van der Waals surface area contributed by atoms with E-state index < -0.39 is 10.0 Å². The number of sulfonamides is 1. The lowest BCUT2D eigenvalue weighted by Gasteiger charge is -2.24. The van der Waals surface area contributed by atoms with Crippen LogP contribution in [0.2, 0.25) is 0 Å². The molecule has 0 bridgehead atoms. The standard InChI is InChI=1S/C23H33N3O3S2/c1-16-23(30-22(25-16)13-17-7-4-3-5-8-17)18-10-11-20(29-2)21(14-18)31(27,28)26-19-9-6-12-24-15-19/h10-11,14,17,19,24,26H,3-9,12-13,15H2,1-2H3. The molecule has 1 saturated carbocycles. The number of aromatic nitrogens is 1. The van der Waals surface area contributed by atoms with E-state index in [4.69, 9.17) is 9.72 Å². The monoisotopic (exact) mass is 463 g/mol. The van der Waals surface area contributed by atoms with E-state index in [0.29, 0.717) is 12.3 Å². The van der Waals surface area contributed by atoms with Gasteiger partial charge in [0.05, 0.1) is 22.7 Å². The van der Waals surface area contributed by atoms with Gasteiger partial charge < -0.3 is 10.1 Å². The molecule has 1 aromatic heterocycles. The summed E-state index contributed by atoms with van der Waals surface area (Å²) in [5.74, 6) is 1.09. The maximum atomic E-state index is 13.2. The number of benzene rings is 1. The largest absolute Gasteiger partial charge is 0.495 e. The van der Waals surface area contributed by atoms with Crippen molar-refractivity contribution in [3.63, 3.8) is 0 Å². The molecule has 0 radical (unpaired) electrons. The number of thiazole rings is 1. The summed E-state index contributed by atoms with van der Waals surface area (Å²) in [6.07, 6.45) is 9.42. The van der Waals surface area contributed by atoms with Gasteiger partial charge in [-0.05, 0) is 56.0 Å². The molecule has 0 amide bonds. The summed E-state index contributed by atoms with van der Waals surface area (Å²) in [4.78, 5) is 6.06. The lowest BCUT2D eigenvalue weighted by Crippen LogP contribution is -2.45. The summed E-state index contributed by atoms with van der Waals surface area (Å²) in [5, 5.41) is 4.41. The van der Waals surface area contributed by atoms with Crippen molar-refractivity contribution < 1.29 is 13.2 Å². The van der Waals surface area contributed by atoms with Gasteiger partial charge in [-0.3, -0.25) is 0 Å². The van der Waals surface area contributed by atoms with Crippen molar-refractivity contribution >= 4 is 21.4 Å². The molecular weight excluding hydrogens is 430 g/mol. The Hall–Kier alpha value is -1.48. The van der Waals surface area contributed by atoms with E-state index in [9.17, 15) is 8.42 Å². The van der Waals surface area contributed by atoms with Crippen LogP contribution in [0.4, 0.5) is 0 Å². The molecule has 1 saturated heterocycles. The highest BCUT2D eigenvalue weighted by Gasteiger charge is 2.26. The van der Waals surface area contributed by atoms with Crippen molar-refractivity contribution in [3.8, 4) is 16.2 Å². The predicted octanol–water partition coefficient (Wildman–Crippen LogP) is 4.28. The summed E-state index contributed by atoms with van der Waals surface area (Å²) in [7, 11) is -2.18. The zero-order valence-electron chi connectivity index (χ0n) is 18.4. The van der Waals surface area contributed by atoms with Crippen molar-refractivity contribution in [3.05, 3.63) is 28.9 Å². The third-order valence-electron chi connectivity index (χ3n) is 6.36. The van der Waals surface area contributed by atoms with Gasteiger partial charge in [-0.15, -0.1) is 11.3 Å². The Morgan fingerprint density at radius 3 is 2.71 bits per heavy atom. The van der Waals surface area contributed by atoms with Gasteiger partial charge >= 0.3 is 0 Å². The highest BCUT2D eigenvalue weighted by molar-refractivity contribution is 7.89. The van der Waals surface area contributed by atoms with Crippen molar-refractivity contribution in [1.29, 1.82) is 0 Å². The molecule has 1 atom stereocenters. The number of piperidine rings is 1. The van der Waals surface area contributed by atoms with Crippen LogP contribution in [0.5, 0.6) is 5.75 Å². The first-order valence-corrected chi connectivity index (χ1v) is 13.6. The highest BCUT2D eigenvalue weighted by atomic mass is 32.2. The topological polar surface area (TPSA) is 80.3 Å². The highest BCUT2D eigenvalue weighted by Crippen LogP contribution is 2.37. The molecule has 0 spiro atoms. The van der Waals surface area contributed by atoms with Crippen molar-refractivity contribution in [2.24, 2.45) is 5.92 Å². The first kappa shape index (κ1) is 22.7. The lowest BCUT2D eigenvalue weighted by atomic mass is 9.87. The molecular formula is C23H33N3O3S2. The number of methoxy groups -OCH3 is 1.